The number of aromatic amines is 1. The lowest BCUT2D eigenvalue weighted by atomic mass is 9.91. The number of furan rings is 1. The molecule has 0 saturated carbocycles. The van der Waals surface area contributed by atoms with E-state index in [2.05, 4.69) is 16.3 Å². The van der Waals surface area contributed by atoms with Crippen molar-refractivity contribution in [3.05, 3.63) is 59.2 Å². The minimum atomic E-state index is -0.630. The Labute approximate surface area is 153 Å². The summed E-state index contributed by atoms with van der Waals surface area (Å²) in [5.41, 5.74) is 8.35. The van der Waals surface area contributed by atoms with E-state index in [-0.39, 0.29) is 23.4 Å². The van der Waals surface area contributed by atoms with Gasteiger partial charge in [-0.15, -0.1) is 0 Å². The van der Waals surface area contributed by atoms with Crippen molar-refractivity contribution < 1.29 is 13.9 Å². The van der Waals surface area contributed by atoms with Crippen molar-refractivity contribution in [3.63, 3.8) is 0 Å². The quantitative estimate of drug-likeness (QED) is 0.510. The van der Waals surface area contributed by atoms with Crippen LogP contribution in [0.5, 0.6) is 5.75 Å². The molecule has 134 valence electrons. The van der Waals surface area contributed by atoms with Gasteiger partial charge in [0.1, 0.15) is 29.2 Å². The SMILES string of the molecule is Cc1n[nH]c2cc(-c3ccc(O)cc3F)c(C#N)c(-c3ccc(CN)o3)c12. The molecule has 0 fully saturated rings. The maximum atomic E-state index is 14.5. The van der Waals surface area contributed by atoms with Crippen LogP contribution in [0.4, 0.5) is 4.39 Å². The van der Waals surface area contributed by atoms with Gasteiger partial charge in [-0.2, -0.15) is 10.4 Å². The molecule has 0 aliphatic carbocycles. The van der Waals surface area contributed by atoms with Gasteiger partial charge >= 0.3 is 0 Å². The normalized spacial score (nSPS) is 11.0. The Morgan fingerprint density at radius 3 is 2.74 bits per heavy atom. The number of hydrogen-bond acceptors (Lipinski definition) is 5. The predicted molar refractivity (Wildman–Crippen MR) is 98.2 cm³/mol. The zero-order valence-electron chi connectivity index (χ0n) is 14.4. The van der Waals surface area contributed by atoms with Crippen LogP contribution < -0.4 is 5.73 Å². The fraction of sp³-hybridized carbons (Fsp3) is 0.100. The second-order valence-corrected chi connectivity index (χ2v) is 6.15. The van der Waals surface area contributed by atoms with Gasteiger partial charge in [-0.1, -0.05) is 0 Å². The first-order valence-corrected chi connectivity index (χ1v) is 8.23. The van der Waals surface area contributed by atoms with Gasteiger partial charge < -0.3 is 15.3 Å². The summed E-state index contributed by atoms with van der Waals surface area (Å²) in [5, 5.41) is 27.3. The highest BCUT2D eigenvalue weighted by atomic mass is 19.1. The van der Waals surface area contributed by atoms with E-state index in [0.717, 1.165) is 11.5 Å². The van der Waals surface area contributed by atoms with Crippen LogP contribution in [-0.4, -0.2) is 15.3 Å². The summed E-state index contributed by atoms with van der Waals surface area (Å²) in [6, 6.07) is 11.2. The summed E-state index contributed by atoms with van der Waals surface area (Å²) in [6.07, 6.45) is 0. The summed E-state index contributed by atoms with van der Waals surface area (Å²) < 4.78 is 20.3. The molecule has 0 atom stereocenters. The molecule has 4 N–H and O–H groups in total. The Bertz CT molecular complexity index is 1220. The molecule has 0 spiro atoms. The second-order valence-electron chi connectivity index (χ2n) is 6.15. The monoisotopic (exact) mass is 362 g/mol. The zero-order valence-corrected chi connectivity index (χ0v) is 14.4. The number of rotatable bonds is 3. The second kappa shape index (κ2) is 6.27. The first kappa shape index (κ1) is 16.8. The van der Waals surface area contributed by atoms with Crippen LogP contribution in [0.1, 0.15) is 17.0 Å². The van der Waals surface area contributed by atoms with E-state index in [4.69, 9.17) is 10.2 Å². The third-order valence-electron chi connectivity index (χ3n) is 4.50. The smallest absolute Gasteiger partial charge is 0.136 e. The lowest BCUT2D eigenvalue weighted by Crippen LogP contribution is -1.95. The number of fused-ring (bicyclic) bond motifs is 1. The van der Waals surface area contributed by atoms with Gasteiger partial charge in [-0.3, -0.25) is 5.10 Å². The summed E-state index contributed by atoms with van der Waals surface area (Å²) >= 11 is 0. The Balaban J connectivity index is 2.11. The van der Waals surface area contributed by atoms with E-state index in [9.17, 15) is 14.8 Å². The summed E-state index contributed by atoms with van der Waals surface area (Å²) in [7, 11) is 0. The number of halogens is 1. The fourth-order valence-electron chi connectivity index (χ4n) is 3.27. The Hall–Kier alpha value is -3.63. The molecule has 0 unspecified atom stereocenters. The number of hydrogen-bond donors (Lipinski definition) is 3. The number of phenolic OH excluding ortho intramolecular Hbond substituents is 1. The van der Waals surface area contributed by atoms with E-state index in [1.54, 1.807) is 18.2 Å². The zero-order chi connectivity index (χ0) is 19.1. The highest BCUT2D eigenvalue weighted by Crippen LogP contribution is 2.40. The predicted octanol–water partition coefficient (Wildman–Crippen LogP) is 3.97. The van der Waals surface area contributed by atoms with E-state index >= 15 is 0 Å². The number of aromatic hydroxyl groups is 1. The number of nitriles is 1. The molecule has 2 aromatic carbocycles. The maximum absolute atomic E-state index is 14.5. The van der Waals surface area contributed by atoms with Crippen molar-refractivity contribution in [2.45, 2.75) is 13.5 Å². The molecule has 2 heterocycles. The van der Waals surface area contributed by atoms with Crippen LogP contribution in [0.25, 0.3) is 33.4 Å². The molecular formula is C20H15FN4O2. The van der Waals surface area contributed by atoms with Crippen LogP contribution in [0, 0.1) is 24.1 Å². The molecule has 27 heavy (non-hydrogen) atoms. The highest BCUT2D eigenvalue weighted by molar-refractivity contribution is 6.02. The Morgan fingerprint density at radius 1 is 1.26 bits per heavy atom. The molecule has 6 nitrogen and oxygen atoms in total. The maximum Gasteiger partial charge on any atom is 0.136 e. The number of phenols is 1. The molecule has 0 saturated heterocycles. The molecule has 4 aromatic rings. The van der Waals surface area contributed by atoms with Crippen molar-refractivity contribution in [2.24, 2.45) is 5.73 Å². The molecule has 0 radical (unpaired) electrons. The van der Waals surface area contributed by atoms with Crippen LogP contribution in [0.15, 0.2) is 40.8 Å². The largest absolute Gasteiger partial charge is 0.508 e. The Kier molecular flexibility index (Phi) is 3.90. The van der Waals surface area contributed by atoms with Crippen molar-refractivity contribution in [2.75, 3.05) is 0 Å². The molecule has 0 aliphatic heterocycles. The molecule has 0 amide bonds. The van der Waals surface area contributed by atoms with Gasteiger partial charge in [0.05, 0.1) is 23.3 Å². The van der Waals surface area contributed by atoms with E-state index < -0.39 is 5.82 Å². The number of nitrogens with one attached hydrogen (secondary N) is 1. The van der Waals surface area contributed by atoms with Crippen LogP contribution in [0.3, 0.4) is 0 Å². The standard InChI is InChI=1S/C20H15FN4O2/c1-10-19-17(25-24-10)7-14(13-4-2-11(26)6-16(13)21)15(9-23)20(19)18-5-3-12(8-22)27-18/h2-7,26H,8,22H2,1H3,(H,24,25). The van der Waals surface area contributed by atoms with Gasteiger partial charge in [-0.05, 0) is 37.3 Å². The van der Waals surface area contributed by atoms with Gasteiger partial charge in [0.25, 0.3) is 0 Å². The van der Waals surface area contributed by atoms with Crippen LogP contribution in [-0.2, 0) is 6.54 Å². The first-order valence-electron chi connectivity index (χ1n) is 8.23. The van der Waals surface area contributed by atoms with Crippen molar-refractivity contribution >= 4 is 10.9 Å². The summed E-state index contributed by atoms with van der Waals surface area (Å²) in [5.74, 6) is 0.217. The highest BCUT2D eigenvalue weighted by Gasteiger charge is 2.23. The summed E-state index contributed by atoms with van der Waals surface area (Å²) in [6.45, 7) is 2.04. The van der Waals surface area contributed by atoms with E-state index in [0.29, 0.717) is 33.9 Å². The lowest BCUT2D eigenvalue weighted by Gasteiger charge is -2.12. The first-order chi connectivity index (χ1) is 13.0. The molecule has 0 bridgehead atoms. The Morgan fingerprint density at radius 2 is 2.07 bits per heavy atom. The molecule has 0 aliphatic rings. The number of nitrogens with two attached hydrogens (primary N) is 1. The van der Waals surface area contributed by atoms with Crippen LogP contribution >= 0.6 is 0 Å². The van der Waals surface area contributed by atoms with Gasteiger partial charge in [0.15, 0.2) is 0 Å². The minimum Gasteiger partial charge on any atom is -0.508 e. The third-order valence-corrected chi connectivity index (χ3v) is 4.50. The lowest BCUT2D eigenvalue weighted by molar-refractivity contribution is 0.469. The average Bonchev–Trinajstić information content (AvgIpc) is 3.27. The number of aryl methyl sites for hydroxylation is 1. The summed E-state index contributed by atoms with van der Waals surface area (Å²) in [4.78, 5) is 0. The van der Waals surface area contributed by atoms with Gasteiger partial charge in [0.2, 0.25) is 0 Å². The van der Waals surface area contributed by atoms with E-state index in [1.165, 1.54) is 12.1 Å². The number of benzene rings is 2. The molecular weight excluding hydrogens is 347 g/mol. The average molecular weight is 362 g/mol. The minimum absolute atomic E-state index is 0.188. The molecule has 4 rings (SSSR count). The third kappa shape index (κ3) is 2.63. The van der Waals surface area contributed by atoms with E-state index in [1.807, 2.05) is 6.92 Å². The van der Waals surface area contributed by atoms with Gasteiger partial charge in [-0.25, -0.2) is 4.39 Å². The van der Waals surface area contributed by atoms with Crippen LogP contribution in [0.2, 0.25) is 0 Å². The molecule has 2 aromatic heterocycles. The van der Waals surface area contributed by atoms with Crippen molar-refractivity contribution in [3.8, 4) is 34.3 Å². The van der Waals surface area contributed by atoms with Gasteiger partial charge in [0, 0.05) is 28.1 Å². The molecule has 7 heteroatoms. The fourth-order valence-corrected chi connectivity index (χ4v) is 3.27. The number of aromatic nitrogens is 2. The van der Waals surface area contributed by atoms with Crippen molar-refractivity contribution in [1.82, 2.24) is 10.2 Å². The topological polar surface area (TPSA) is 112 Å². The number of nitrogens with zero attached hydrogens (tertiary/aromatic N) is 2. The number of H-pyrrole nitrogens is 1. The van der Waals surface area contributed by atoms with Crippen molar-refractivity contribution in [1.29, 1.82) is 5.26 Å².